The first kappa shape index (κ1) is 55.6. The highest BCUT2D eigenvalue weighted by Gasteiger charge is 2.33. The molecule has 10 heteroatoms. The molecule has 21 aromatic rings. The topological polar surface area (TPSA) is 73.3 Å². The van der Waals surface area contributed by atoms with Gasteiger partial charge in [0.1, 0.15) is 11.0 Å². The van der Waals surface area contributed by atoms with Gasteiger partial charge in [-0.05, 0) is 181 Å². The van der Waals surface area contributed by atoms with Crippen LogP contribution >= 0.6 is 0 Å². The highest BCUT2D eigenvalue weighted by atomic mass is 15.2. The van der Waals surface area contributed by atoms with Gasteiger partial charge in [0.05, 0.1) is 44.1 Å². The summed E-state index contributed by atoms with van der Waals surface area (Å²) in [5.74, 6) is 0. The van der Waals surface area contributed by atoms with Crippen LogP contribution in [0, 0.1) is 0 Å². The van der Waals surface area contributed by atoms with Crippen LogP contribution in [-0.4, -0.2) is 28.7 Å². The van der Waals surface area contributed by atoms with Gasteiger partial charge in [-0.3, -0.25) is 9.97 Å². The summed E-state index contributed by atoms with van der Waals surface area (Å²) in [4.78, 5) is 31.5. The molecule has 0 N–H and O–H groups in total. The van der Waals surface area contributed by atoms with Crippen molar-refractivity contribution >= 4 is 188 Å². The fourth-order valence-electron chi connectivity index (χ4n) is 16.2. The fraction of sp³-hybridized carbons (Fsp3) is 0. The number of hydrogen-bond acceptors (Lipinski definition) is 8. The van der Waals surface area contributed by atoms with Crippen molar-refractivity contribution in [3.8, 4) is 0 Å². The van der Waals surface area contributed by atoms with Crippen molar-refractivity contribution in [3.63, 3.8) is 0 Å². The van der Waals surface area contributed by atoms with Crippen molar-refractivity contribution in [1.82, 2.24) is 28.7 Å². The van der Waals surface area contributed by atoms with Gasteiger partial charge in [0.25, 0.3) is 0 Å². The third-order valence-corrected chi connectivity index (χ3v) is 20.3. The van der Waals surface area contributed by atoms with E-state index in [1.165, 1.54) is 0 Å². The molecular formula is C90H56N10. The number of hydrogen-bond donors (Lipinski definition) is 0. The minimum absolute atomic E-state index is 0.768. The monoisotopic (exact) mass is 1280 g/mol. The Morgan fingerprint density at radius 1 is 0.200 bits per heavy atom. The Bertz CT molecular complexity index is 6190. The van der Waals surface area contributed by atoms with Crippen LogP contribution in [0.2, 0.25) is 0 Å². The molecule has 14 aromatic carbocycles. The highest BCUT2D eigenvalue weighted by molar-refractivity contribution is 6.41. The lowest BCUT2D eigenvalue weighted by molar-refractivity contribution is 1.28. The van der Waals surface area contributed by atoms with Crippen LogP contribution in [0.15, 0.2) is 340 Å². The maximum absolute atomic E-state index is 6.16. The molecule has 0 fully saturated rings. The zero-order valence-corrected chi connectivity index (χ0v) is 53.8. The fourth-order valence-corrected chi connectivity index (χ4v) is 16.2. The zero-order chi connectivity index (χ0) is 65.5. The van der Waals surface area contributed by atoms with Gasteiger partial charge in [0.2, 0.25) is 0 Å². The summed E-state index contributed by atoms with van der Waals surface area (Å²) in [7, 11) is 0. The van der Waals surface area contributed by atoms with E-state index in [9.17, 15) is 0 Å². The van der Waals surface area contributed by atoms with Crippen molar-refractivity contribution in [2.75, 3.05) is 19.6 Å². The lowest BCUT2D eigenvalue weighted by atomic mass is 9.99. The molecule has 100 heavy (non-hydrogen) atoms. The number of aromatic nitrogens is 6. The van der Waals surface area contributed by atoms with Crippen molar-refractivity contribution in [2.45, 2.75) is 0 Å². The number of fused-ring (bicyclic) bond motifs is 22. The normalized spacial score (nSPS) is 12.0. The summed E-state index contributed by atoms with van der Waals surface area (Å²) in [5.41, 5.74) is 22.0. The van der Waals surface area contributed by atoms with Gasteiger partial charge < -0.3 is 28.4 Å². The molecule has 7 aromatic heterocycles. The van der Waals surface area contributed by atoms with E-state index < -0.39 is 0 Å². The number of rotatable bonds is 12. The van der Waals surface area contributed by atoms with Crippen molar-refractivity contribution in [1.29, 1.82) is 0 Å². The van der Waals surface area contributed by atoms with E-state index in [0.29, 0.717) is 0 Å². The second-order valence-electron chi connectivity index (χ2n) is 25.8. The second-order valence-corrected chi connectivity index (χ2v) is 25.8. The first-order valence-corrected chi connectivity index (χ1v) is 33.8. The molecule has 0 amide bonds. The summed E-state index contributed by atoms with van der Waals surface area (Å²) in [6.45, 7) is 0. The largest absolute Gasteiger partial charge is 0.310 e. The minimum atomic E-state index is 0.768. The third-order valence-electron chi connectivity index (χ3n) is 20.3. The van der Waals surface area contributed by atoms with E-state index >= 15 is 0 Å². The Kier molecular flexibility index (Phi) is 12.2. The number of nitrogens with zero attached hydrogens (tertiary/aromatic N) is 10. The lowest BCUT2D eigenvalue weighted by Gasteiger charge is -2.26. The van der Waals surface area contributed by atoms with E-state index in [2.05, 4.69) is 344 Å². The van der Waals surface area contributed by atoms with Crippen LogP contribution in [0.1, 0.15) is 0 Å². The molecule has 0 radical (unpaired) electrons. The van der Waals surface area contributed by atoms with Crippen molar-refractivity contribution < 1.29 is 0 Å². The smallest absolute Gasteiger partial charge is 0.100 e. The minimum Gasteiger partial charge on any atom is -0.310 e. The molecule has 0 unspecified atom stereocenters. The molecule has 466 valence electrons. The molecule has 0 atom stereocenters. The Labute approximate surface area is 573 Å². The van der Waals surface area contributed by atoms with Crippen LogP contribution in [0.4, 0.5) is 68.2 Å². The number of anilines is 12. The Balaban J connectivity index is 0.993. The Morgan fingerprint density at radius 3 is 0.770 bits per heavy atom. The third kappa shape index (κ3) is 8.25. The molecule has 0 spiro atoms. The van der Waals surface area contributed by atoms with Gasteiger partial charge >= 0.3 is 0 Å². The molecule has 0 aliphatic carbocycles. The quantitative estimate of drug-likeness (QED) is 0.0885. The summed E-state index contributed by atoms with van der Waals surface area (Å²) >= 11 is 0. The van der Waals surface area contributed by atoms with Crippen LogP contribution in [0.3, 0.4) is 0 Å². The first-order chi connectivity index (χ1) is 49.7. The van der Waals surface area contributed by atoms with Gasteiger partial charge in [-0.15, -0.1) is 0 Å². The Hall–Kier alpha value is -13.7. The maximum atomic E-state index is 6.16. The summed E-state index contributed by atoms with van der Waals surface area (Å²) in [6.07, 6.45) is 7.67. The standard InChI is InChI=1S/C90H56N10/c1-9-25-57(26-10-1)95(58-27-11-2-12-28-58)65-41-43-79-71(49-65)73-51-67(97(61-33-17-5-18-34-61)62-35-19-6-20-36-62)53-75-81-85-86(94-84-78-56-92-48-46-70(78)69-45-47-91-55-77(69)83(84)93-85)82-76-54-68(98(63-37-21-7-22-38-63)64-39-23-8-24-40-64)52-74-72-50-66(96(59-29-13-3-14-30-59)60-31-15-4-16-32-60)42-44-80(72)100(88(74)76)90(82)89(81)99(79)87(73)75/h1-56H. The van der Waals surface area contributed by atoms with Crippen LogP contribution in [0.25, 0.3) is 120 Å². The van der Waals surface area contributed by atoms with E-state index in [-0.39, 0.29) is 0 Å². The van der Waals surface area contributed by atoms with E-state index in [1.807, 2.05) is 24.8 Å². The van der Waals surface area contributed by atoms with Gasteiger partial charge in [-0.25, -0.2) is 9.97 Å². The average Bonchev–Trinajstić information content (AvgIpc) is 1.49. The maximum Gasteiger partial charge on any atom is 0.100 e. The van der Waals surface area contributed by atoms with Crippen LogP contribution in [-0.2, 0) is 0 Å². The van der Waals surface area contributed by atoms with Crippen LogP contribution < -0.4 is 19.6 Å². The number of pyridine rings is 2. The predicted octanol–water partition coefficient (Wildman–Crippen LogP) is 24.1. The summed E-state index contributed by atoms with van der Waals surface area (Å²) < 4.78 is 5.15. The van der Waals surface area contributed by atoms with Gasteiger partial charge in [-0.2, -0.15) is 0 Å². The SMILES string of the molecule is c1ccc(N(c2ccccc2)c2ccc3c(c2)c2cc(N(c4ccccc4)c4ccccc4)cc4c5c6nc7c8cnccc8c8ccncc8c7nc6c6c7cc(N(c8ccccc8)c8ccccc8)cc8c9cc(N(c%10ccccc%10)c%10ccccc%10)ccc9n(c87)c6c5n3c24)cc1. The number of benzene rings is 14. The molecule has 0 bridgehead atoms. The van der Waals surface area contributed by atoms with Crippen LogP contribution in [0.5, 0.6) is 0 Å². The van der Waals surface area contributed by atoms with Crippen molar-refractivity contribution in [3.05, 3.63) is 340 Å². The predicted molar refractivity (Wildman–Crippen MR) is 416 cm³/mol. The van der Waals surface area contributed by atoms with Gasteiger partial charge in [0, 0.05) is 147 Å². The average molecular weight is 1280 g/mol. The zero-order valence-electron chi connectivity index (χ0n) is 53.8. The molecule has 0 aliphatic rings. The Morgan fingerprint density at radius 2 is 0.470 bits per heavy atom. The molecule has 7 heterocycles. The van der Waals surface area contributed by atoms with E-state index in [4.69, 9.17) is 19.9 Å². The van der Waals surface area contributed by atoms with Gasteiger partial charge in [-0.1, -0.05) is 146 Å². The van der Waals surface area contributed by atoms with Crippen molar-refractivity contribution in [2.24, 2.45) is 0 Å². The second kappa shape index (κ2) is 21.9. The van der Waals surface area contributed by atoms with Gasteiger partial charge in [0.15, 0.2) is 0 Å². The summed E-state index contributed by atoms with van der Waals surface area (Å²) in [5, 5.41) is 12.5. The summed E-state index contributed by atoms with van der Waals surface area (Å²) in [6, 6.07) is 114. The molecule has 21 rings (SSSR count). The van der Waals surface area contributed by atoms with E-state index in [1.54, 1.807) is 0 Å². The molecule has 0 saturated heterocycles. The highest BCUT2D eigenvalue weighted by Crippen LogP contribution is 2.54. The molecule has 10 nitrogen and oxygen atoms in total. The molecule has 0 aliphatic heterocycles. The molecular weight excluding hydrogens is 1220 g/mol. The lowest BCUT2D eigenvalue weighted by Crippen LogP contribution is -2.10. The van der Waals surface area contributed by atoms with E-state index in [0.717, 1.165) is 188 Å². The molecule has 0 saturated carbocycles. The number of para-hydroxylation sites is 8. The first-order valence-electron chi connectivity index (χ1n) is 33.8.